The summed E-state index contributed by atoms with van der Waals surface area (Å²) in [5.41, 5.74) is 0.670. The van der Waals surface area contributed by atoms with Gasteiger partial charge in [0.25, 0.3) is 0 Å². The first-order valence-corrected chi connectivity index (χ1v) is 4.90. The molecule has 0 aliphatic heterocycles. The first kappa shape index (κ1) is 11.9. The highest BCUT2D eigenvalue weighted by Gasteiger charge is 2.08. The van der Waals surface area contributed by atoms with Gasteiger partial charge in [-0.2, -0.15) is 0 Å². The lowest BCUT2D eigenvalue weighted by molar-refractivity contribution is 0.307. The van der Waals surface area contributed by atoms with Crippen LogP contribution in [-0.2, 0) is 0 Å². The Balaban J connectivity index is 3.00. The number of rotatable bonds is 6. The molecule has 1 aromatic rings. The molecule has 2 nitrogen and oxygen atoms in total. The fourth-order valence-corrected chi connectivity index (χ4v) is 1.18. The minimum Gasteiger partial charge on any atom is -0.486 e. The Morgan fingerprint density at radius 3 is 2.50 bits per heavy atom. The van der Waals surface area contributed by atoms with E-state index in [1.54, 1.807) is 18.2 Å². The molecule has 82 valence electrons. The van der Waals surface area contributed by atoms with E-state index in [9.17, 15) is 0 Å². The van der Waals surface area contributed by atoms with Gasteiger partial charge in [-0.25, -0.2) is 0 Å². The van der Waals surface area contributed by atoms with E-state index < -0.39 is 0 Å². The second kappa shape index (κ2) is 6.36. The van der Waals surface area contributed by atoms with Gasteiger partial charge < -0.3 is 9.47 Å². The van der Waals surface area contributed by atoms with Gasteiger partial charge in [0.05, 0.1) is 5.56 Å². The lowest BCUT2D eigenvalue weighted by Gasteiger charge is -2.12. The molecule has 0 unspecified atom stereocenters. The van der Waals surface area contributed by atoms with Gasteiger partial charge in [-0.15, -0.1) is 6.42 Å². The molecule has 0 aromatic heterocycles. The van der Waals surface area contributed by atoms with Crippen molar-refractivity contribution in [3.05, 3.63) is 49.1 Å². The third kappa shape index (κ3) is 2.93. The van der Waals surface area contributed by atoms with E-state index in [-0.39, 0.29) is 0 Å². The van der Waals surface area contributed by atoms with Gasteiger partial charge in [0.2, 0.25) is 0 Å². The molecule has 0 amide bonds. The van der Waals surface area contributed by atoms with Crippen LogP contribution < -0.4 is 9.47 Å². The lowest BCUT2D eigenvalue weighted by Crippen LogP contribution is -2.01. The summed E-state index contributed by atoms with van der Waals surface area (Å²) in [6.45, 7) is 7.98. The minimum atomic E-state index is 0.392. The van der Waals surface area contributed by atoms with E-state index in [0.717, 1.165) is 0 Å². The Morgan fingerprint density at radius 1 is 1.19 bits per heavy atom. The summed E-state index contributed by atoms with van der Waals surface area (Å²) >= 11 is 0. The van der Waals surface area contributed by atoms with Crippen molar-refractivity contribution in [2.75, 3.05) is 13.2 Å². The highest BCUT2D eigenvalue weighted by Crippen LogP contribution is 2.30. The summed E-state index contributed by atoms with van der Waals surface area (Å²) in [5.74, 6) is 3.75. The highest BCUT2D eigenvalue weighted by atomic mass is 16.5. The lowest BCUT2D eigenvalue weighted by atomic mass is 10.2. The number of hydrogen-bond donors (Lipinski definition) is 0. The normalized spacial score (nSPS) is 8.94. The smallest absolute Gasteiger partial charge is 0.177 e. The second-order valence-corrected chi connectivity index (χ2v) is 2.98. The summed E-state index contributed by atoms with van der Waals surface area (Å²) in [7, 11) is 0. The molecule has 0 saturated heterocycles. The minimum absolute atomic E-state index is 0.392. The Bertz CT molecular complexity index is 413. The van der Waals surface area contributed by atoms with E-state index in [2.05, 4.69) is 19.1 Å². The van der Waals surface area contributed by atoms with Crippen LogP contribution in [0.3, 0.4) is 0 Å². The van der Waals surface area contributed by atoms with Crippen LogP contribution in [0.5, 0.6) is 11.5 Å². The zero-order chi connectivity index (χ0) is 11.8. The SMILES string of the molecule is C#Cc1cccc(OCC=C)c1OCC=C. The van der Waals surface area contributed by atoms with Gasteiger partial charge in [-0.05, 0) is 12.1 Å². The second-order valence-electron chi connectivity index (χ2n) is 2.98. The molecule has 1 aromatic carbocycles. The van der Waals surface area contributed by atoms with E-state index in [1.165, 1.54) is 0 Å². The molecule has 1 rings (SSSR count). The fourth-order valence-electron chi connectivity index (χ4n) is 1.18. The van der Waals surface area contributed by atoms with Crippen LogP contribution in [0.1, 0.15) is 5.56 Å². The Kier molecular flexibility index (Phi) is 4.75. The predicted molar refractivity (Wildman–Crippen MR) is 65.8 cm³/mol. The topological polar surface area (TPSA) is 18.5 Å². The molecular formula is C14H14O2. The largest absolute Gasteiger partial charge is 0.486 e. The highest BCUT2D eigenvalue weighted by molar-refractivity contribution is 5.53. The number of ether oxygens (including phenoxy) is 2. The maximum absolute atomic E-state index is 5.49. The number of hydrogen-bond acceptors (Lipinski definition) is 2. The van der Waals surface area contributed by atoms with Gasteiger partial charge in [0.15, 0.2) is 11.5 Å². The monoisotopic (exact) mass is 214 g/mol. The van der Waals surface area contributed by atoms with Gasteiger partial charge in [0.1, 0.15) is 13.2 Å². The van der Waals surface area contributed by atoms with Crippen LogP contribution in [0.15, 0.2) is 43.5 Å². The third-order valence-corrected chi connectivity index (χ3v) is 1.84. The maximum Gasteiger partial charge on any atom is 0.177 e. The molecule has 0 N–H and O–H groups in total. The maximum atomic E-state index is 5.49. The summed E-state index contributed by atoms with van der Waals surface area (Å²) < 4.78 is 10.9. The van der Waals surface area contributed by atoms with Crippen LogP contribution in [0.4, 0.5) is 0 Å². The Labute approximate surface area is 96.2 Å². The third-order valence-electron chi connectivity index (χ3n) is 1.84. The first-order chi connectivity index (χ1) is 7.83. The number of benzene rings is 1. The van der Waals surface area contributed by atoms with Crippen molar-refractivity contribution in [3.63, 3.8) is 0 Å². The molecular weight excluding hydrogens is 200 g/mol. The molecule has 0 heterocycles. The van der Waals surface area contributed by atoms with Gasteiger partial charge in [-0.3, -0.25) is 0 Å². The van der Waals surface area contributed by atoms with Crippen LogP contribution in [0.25, 0.3) is 0 Å². The molecule has 0 bridgehead atoms. The van der Waals surface area contributed by atoms with E-state index in [4.69, 9.17) is 15.9 Å². The van der Waals surface area contributed by atoms with Crippen molar-refractivity contribution >= 4 is 0 Å². The molecule has 0 spiro atoms. The fraction of sp³-hybridized carbons (Fsp3) is 0.143. The number of para-hydroxylation sites is 1. The predicted octanol–water partition coefficient (Wildman–Crippen LogP) is 2.80. The van der Waals surface area contributed by atoms with Crippen molar-refractivity contribution in [1.29, 1.82) is 0 Å². The van der Waals surface area contributed by atoms with Crippen molar-refractivity contribution in [2.45, 2.75) is 0 Å². The van der Waals surface area contributed by atoms with Crippen LogP contribution in [-0.4, -0.2) is 13.2 Å². The zero-order valence-corrected chi connectivity index (χ0v) is 9.11. The van der Waals surface area contributed by atoms with Crippen LogP contribution in [0.2, 0.25) is 0 Å². The standard InChI is InChI=1S/C14H14O2/c1-4-10-15-13-9-7-8-12(6-3)14(13)16-11-5-2/h3-5,7-9H,1-2,10-11H2. The van der Waals surface area contributed by atoms with Crippen molar-refractivity contribution in [2.24, 2.45) is 0 Å². The average Bonchev–Trinajstić information content (AvgIpc) is 2.33. The molecule has 0 atom stereocenters. The molecule has 0 fully saturated rings. The first-order valence-electron chi connectivity index (χ1n) is 4.90. The van der Waals surface area contributed by atoms with E-state index in [1.807, 2.05) is 12.1 Å². The van der Waals surface area contributed by atoms with Crippen molar-refractivity contribution < 1.29 is 9.47 Å². The summed E-state index contributed by atoms with van der Waals surface area (Å²) in [6.07, 6.45) is 8.71. The molecule has 0 aliphatic carbocycles. The van der Waals surface area contributed by atoms with Crippen molar-refractivity contribution in [1.82, 2.24) is 0 Å². The van der Waals surface area contributed by atoms with Gasteiger partial charge in [-0.1, -0.05) is 37.3 Å². The Hall–Kier alpha value is -2.14. The van der Waals surface area contributed by atoms with E-state index >= 15 is 0 Å². The van der Waals surface area contributed by atoms with E-state index in [0.29, 0.717) is 30.3 Å². The van der Waals surface area contributed by atoms with Gasteiger partial charge in [0, 0.05) is 0 Å². The zero-order valence-electron chi connectivity index (χ0n) is 9.11. The average molecular weight is 214 g/mol. The summed E-state index contributed by atoms with van der Waals surface area (Å²) in [5, 5.41) is 0. The van der Waals surface area contributed by atoms with Crippen LogP contribution in [0, 0.1) is 12.3 Å². The summed E-state index contributed by atoms with van der Waals surface area (Å²) in [6, 6.07) is 5.44. The molecule has 0 aliphatic rings. The molecule has 16 heavy (non-hydrogen) atoms. The molecule has 0 saturated carbocycles. The van der Waals surface area contributed by atoms with Gasteiger partial charge >= 0.3 is 0 Å². The quantitative estimate of drug-likeness (QED) is 0.535. The van der Waals surface area contributed by atoms with Crippen molar-refractivity contribution in [3.8, 4) is 23.8 Å². The molecule has 0 radical (unpaired) electrons. The van der Waals surface area contributed by atoms with Crippen LogP contribution >= 0.6 is 0 Å². The summed E-state index contributed by atoms with van der Waals surface area (Å²) in [4.78, 5) is 0. The molecule has 2 heteroatoms. The Morgan fingerprint density at radius 2 is 1.88 bits per heavy atom. The number of terminal acetylenes is 1.